The number of ether oxygens (including phenoxy) is 1. The molecule has 108 valence electrons. The molecule has 6 nitrogen and oxygen atoms in total. The molecule has 1 aromatic heterocycles. The van der Waals surface area contributed by atoms with Gasteiger partial charge in [-0.25, -0.2) is 0 Å². The maximum Gasteiger partial charge on any atom is 0.263 e. The van der Waals surface area contributed by atoms with E-state index in [0.29, 0.717) is 17.5 Å². The summed E-state index contributed by atoms with van der Waals surface area (Å²) >= 11 is 5.99. The maximum absolute atomic E-state index is 5.99. The summed E-state index contributed by atoms with van der Waals surface area (Å²) in [4.78, 5) is 1.60. The number of rotatable bonds is 7. The number of anilines is 1. The Morgan fingerprint density at radius 1 is 1.40 bits per heavy atom. The predicted octanol–water partition coefficient (Wildman–Crippen LogP) is 2.75. The number of hydrogen-bond donors (Lipinski definition) is 1. The molecule has 2 rings (SSSR count). The summed E-state index contributed by atoms with van der Waals surface area (Å²) in [5.41, 5.74) is 0.949. The number of hydrogen-bond acceptors (Lipinski definition) is 5. The average molecular weight is 296 g/mol. The first-order valence-corrected chi connectivity index (χ1v) is 6.95. The second-order valence-corrected chi connectivity index (χ2v) is 4.81. The molecule has 0 amide bonds. The first kappa shape index (κ1) is 14.6. The van der Waals surface area contributed by atoms with Gasteiger partial charge in [0.25, 0.3) is 5.95 Å². The lowest BCUT2D eigenvalue weighted by Gasteiger charge is -2.08. The fourth-order valence-corrected chi connectivity index (χ4v) is 1.96. The molecule has 0 saturated carbocycles. The molecule has 0 aliphatic heterocycles. The lowest BCUT2D eigenvalue weighted by atomic mass is 10.2. The Morgan fingerprint density at radius 3 is 3.00 bits per heavy atom. The van der Waals surface area contributed by atoms with Crippen LogP contribution in [0.5, 0.6) is 5.75 Å². The first-order chi connectivity index (χ1) is 9.72. The van der Waals surface area contributed by atoms with Gasteiger partial charge in [-0.05, 0) is 29.8 Å². The number of methoxy groups -OCH3 is 1. The zero-order chi connectivity index (χ0) is 14.4. The molecule has 1 N–H and O–H groups in total. The second-order valence-electron chi connectivity index (χ2n) is 4.37. The van der Waals surface area contributed by atoms with E-state index >= 15 is 0 Å². The molecule has 0 radical (unpaired) electrons. The first-order valence-electron chi connectivity index (χ1n) is 6.57. The van der Waals surface area contributed by atoms with E-state index in [4.69, 9.17) is 16.3 Å². The van der Waals surface area contributed by atoms with E-state index in [1.807, 2.05) is 12.1 Å². The lowest BCUT2D eigenvalue weighted by Crippen LogP contribution is -2.05. The van der Waals surface area contributed by atoms with Crippen molar-refractivity contribution < 1.29 is 4.74 Å². The molecular formula is C13H18ClN5O. The Labute approximate surface area is 123 Å². The summed E-state index contributed by atoms with van der Waals surface area (Å²) in [7, 11) is 1.63. The summed E-state index contributed by atoms with van der Waals surface area (Å²) in [6.45, 7) is 3.44. The number of aromatic nitrogens is 4. The zero-order valence-electron chi connectivity index (χ0n) is 11.6. The van der Waals surface area contributed by atoms with Crippen LogP contribution in [0, 0.1) is 0 Å². The van der Waals surface area contributed by atoms with Crippen LogP contribution in [-0.2, 0) is 13.1 Å². The molecule has 2 aromatic rings. The Morgan fingerprint density at radius 2 is 2.25 bits per heavy atom. The predicted molar refractivity (Wildman–Crippen MR) is 78.1 cm³/mol. The van der Waals surface area contributed by atoms with E-state index in [1.165, 1.54) is 0 Å². The van der Waals surface area contributed by atoms with Crippen LogP contribution < -0.4 is 10.1 Å². The van der Waals surface area contributed by atoms with Crippen LogP contribution in [0.25, 0.3) is 0 Å². The summed E-state index contributed by atoms with van der Waals surface area (Å²) in [5, 5.41) is 16.0. The number of benzene rings is 1. The lowest BCUT2D eigenvalue weighted by molar-refractivity contribution is 0.410. The topological polar surface area (TPSA) is 64.9 Å². The van der Waals surface area contributed by atoms with Crippen LogP contribution >= 0.6 is 11.6 Å². The molecule has 0 aliphatic carbocycles. The quantitative estimate of drug-likeness (QED) is 0.851. The normalized spacial score (nSPS) is 10.6. The van der Waals surface area contributed by atoms with E-state index in [1.54, 1.807) is 18.0 Å². The zero-order valence-corrected chi connectivity index (χ0v) is 12.4. The van der Waals surface area contributed by atoms with E-state index < -0.39 is 0 Å². The summed E-state index contributed by atoms with van der Waals surface area (Å²) in [5.74, 6) is 1.28. The molecule has 1 aromatic carbocycles. The minimum atomic E-state index is 0.503. The average Bonchev–Trinajstić information content (AvgIpc) is 2.91. The molecule has 0 saturated heterocycles. The fourth-order valence-electron chi connectivity index (χ4n) is 1.77. The van der Waals surface area contributed by atoms with E-state index in [2.05, 4.69) is 27.7 Å². The third kappa shape index (κ3) is 3.84. The number of halogens is 1. The summed E-state index contributed by atoms with van der Waals surface area (Å²) in [6, 6.07) is 5.49. The van der Waals surface area contributed by atoms with Crippen LogP contribution in [0.1, 0.15) is 25.3 Å². The Kier molecular flexibility index (Phi) is 5.17. The van der Waals surface area contributed by atoms with Crippen LogP contribution in [0.4, 0.5) is 5.95 Å². The molecule has 0 spiro atoms. The van der Waals surface area contributed by atoms with Crippen molar-refractivity contribution in [1.29, 1.82) is 0 Å². The number of nitrogens with zero attached hydrogens (tertiary/aromatic N) is 4. The summed E-state index contributed by atoms with van der Waals surface area (Å²) in [6.07, 6.45) is 2.14. The molecule has 0 fully saturated rings. The fraction of sp³-hybridized carbons (Fsp3) is 0.462. The standard InChI is InChI=1S/C13H18ClN5O/c1-3-4-7-19-17-13(16-18-19)15-9-10-8-11(14)5-6-12(10)20-2/h5-6,8H,3-4,7,9H2,1-2H3,(H,15,17). The third-order valence-corrected chi connectivity index (χ3v) is 3.08. The van der Waals surface area contributed by atoms with E-state index in [9.17, 15) is 0 Å². The second kappa shape index (κ2) is 7.09. The van der Waals surface area contributed by atoms with Crippen LogP contribution in [0.15, 0.2) is 18.2 Å². The SMILES string of the molecule is CCCCn1nnc(NCc2cc(Cl)ccc2OC)n1. The number of nitrogens with one attached hydrogen (secondary N) is 1. The van der Waals surface area contributed by atoms with Crippen molar-refractivity contribution in [3.63, 3.8) is 0 Å². The van der Waals surface area contributed by atoms with Crippen LogP contribution in [-0.4, -0.2) is 27.3 Å². The van der Waals surface area contributed by atoms with Crippen molar-refractivity contribution >= 4 is 17.5 Å². The number of tetrazole rings is 1. The highest BCUT2D eigenvalue weighted by molar-refractivity contribution is 6.30. The minimum absolute atomic E-state index is 0.503. The van der Waals surface area contributed by atoms with Gasteiger partial charge in [0, 0.05) is 17.1 Å². The van der Waals surface area contributed by atoms with Crippen molar-refractivity contribution in [2.45, 2.75) is 32.9 Å². The maximum atomic E-state index is 5.99. The third-order valence-electron chi connectivity index (χ3n) is 2.84. The molecule has 0 atom stereocenters. The molecule has 7 heteroatoms. The van der Waals surface area contributed by atoms with Gasteiger partial charge in [-0.1, -0.05) is 30.0 Å². The van der Waals surface area contributed by atoms with Crippen molar-refractivity contribution in [3.8, 4) is 5.75 Å². The van der Waals surface area contributed by atoms with Crippen LogP contribution in [0.2, 0.25) is 5.02 Å². The van der Waals surface area contributed by atoms with Crippen molar-refractivity contribution in [3.05, 3.63) is 28.8 Å². The van der Waals surface area contributed by atoms with Gasteiger partial charge >= 0.3 is 0 Å². The smallest absolute Gasteiger partial charge is 0.263 e. The molecule has 0 aliphatic rings. The molecule has 20 heavy (non-hydrogen) atoms. The number of unbranched alkanes of at least 4 members (excludes halogenated alkanes) is 1. The molecule has 1 heterocycles. The number of aryl methyl sites for hydroxylation is 1. The van der Waals surface area contributed by atoms with Gasteiger partial charge in [-0.15, -0.1) is 5.10 Å². The van der Waals surface area contributed by atoms with Gasteiger partial charge in [0.05, 0.1) is 13.7 Å². The Bertz CT molecular complexity index is 557. The van der Waals surface area contributed by atoms with Crippen molar-refractivity contribution in [1.82, 2.24) is 20.2 Å². The molecule has 0 unspecified atom stereocenters. The van der Waals surface area contributed by atoms with E-state index in [-0.39, 0.29) is 0 Å². The monoisotopic (exact) mass is 295 g/mol. The van der Waals surface area contributed by atoms with Crippen molar-refractivity contribution in [2.75, 3.05) is 12.4 Å². The van der Waals surface area contributed by atoms with Gasteiger partial charge in [0.15, 0.2) is 0 Å². The Hall–Kier alpha value is -1.82. The summed E-state index contributed by atoms with van der Waals surface area (Å²) < 4.78 is 5.29. The highest BCUT2D eigenvalue weighted by atomic mass is 35.5. The van der Waals surface area contributed by atoms with Crippen LogP contribution in [0.3, 0.4) is 0 Å². The minimum Gasteiger partial charge on any atom is -0.496 e. The van der Waals surface area contributed by atoms with Gasteiger partial charge in [0.1, 0.15) is 5.75 Å². The molecule has 0 bridgehead atoms. The highest BCUT2D eigenvalue weighted by Gasteiger charge is 2.06. The van der Waals surface area contributed by atoms with Crippen molar-refractivity contribution in [2.24, 2.45) is 0 Å². The van der Waals surface area contributed by atoms with Gasteiger partial charge < -0.3 is 10.1 Å². The Balaban J connectivity index is 1.98. The largest absolute Gasteiger partial charge is 0.496 e. The van der Waals surface area contributed by atoms with Gasteiger partial charge in [-0.3, -0.25) is 0 Å². The van der Waals surface area contributed by atoms with Gasteiger partial charge in [0.2, 0.25) is 0 Å². The highest BCUT2D eigenvalue weighted by Crippen LogP contribution is 2.23. The van der Waals surface area contributed by atoms with E-state index in [0.717, 1.165) is 30.7 Å². The van der Waals surface area contributed by atoms with Gasteiger partial charge in [-0.2, -0.15) is 4.80 Å². The molecular weight excluding hydrogens is 278 g/mol.